The summed E-state index contributed by atoms with van der Waals surface area (Å²) in [4.78, 5) is 0. The lowest BCUT2D eigenvalue weighted by Crippen LogP contribution is -2.09. The van der Waals surface area contributed by atoms with Gasteiger partial charge in [-0.2, -0.15) is 0 Å². The first-order valence-electron chi connectivity index (χ1n) is 6.22. The van der Waals surface area contributed by atoms with E-state index in [9.17, 15) is 0 Å². The third kappa shape index (κ3) is 4.57. The molecule has 0 heterocycles. The molecular formula is C14H22ClNO. The Bertz CT molecular complexity index is 352. The molecule has 2 atom stereocenters. The summed E-state index contributed by atoms with van der Waals surface area (Å²) in [7, 11) is 0. The molecule has 1 unspecified atom stereocenters. The number of benzene rings is 1. The molecule has 3 heteroatoms. The molecule has 0 amide bonds. The van der Waals surface area contributed by atoms with Gasteiger partial charge in [0.25, 0.3) is 0 Å². The first-order chi connectivity index (χ1) is 8.04. The Balaban J connectivity index is 2.60. The van der Waals surface area contributed by atoms with Crippen molar-refractivity contribution in [2.75, 3.05) is 6.61 Å². The van der Waals surface area contributed by atoms with Crippen LogP contribution in [0.15, 0.2) is 18.2 Å². The van der Waals surface area contributed by atoms with Crippen molar-refractivity contribution < 1.29 is 4.74 Å². The van der Waals surface area contributed by atoms with E-state index in [2.05, 4.69) is 13.8 Å². The van der Waals surface area contributed by atoms with E-state index in [0.717, 1.165) is 11.3 Å². The van der Waals surface area contributed by atoms with Crippen LogP contribution in [0.2, 0.25) is 5.02 Å². The third-order valence-corrected chi connectivity index (χ3v) is 3.08. The molecule has 0 saturated carbocycles. The van der Waals surface area contributed by atoms with Crippen molar-refractivity contribution in [3.8, 4) is 5.75 Å². The Morgan fingerprint density at radius 2 is 2.06 bits per heavy atom. The molecule has 1 rings (SSSR count). The van der Waals surface area contributed by atoms with Crippen LogP contribution >= 0.6 is 11.6 Å². The second-order valence-electron chi connectivity index (χ2n) is 4.68. The van der Waals surface area contributed by atoms with Gasteiger partial charge in [0.2, 0.25) is 0 Å². The van der Waals surface area contributed by atoms with E-state index in [-0.39, 0.29) is 6.04 Å². The molecule has 0 aliphatic carbocycles. The molecule has 0 aromatic heterocycles. The molecule has 0 bridgehead atoms. The maximum absolute atomic E-state index is 6.15. The molecule has 17 heavy (non-hydrogen) atoms. The zero-order chi connectivity index (χ0) is 12.8. The first-order valence-corrected chi connectivity index (χ1v) is 6.60. The minimum absolute atomic E-state index is 0.000523. The third-order valence-electron chi connectivity index (χ3n) is 2.79. The van der Waals surface area contributed by atoms with Gasteiger partial charge in [0, 0.05) is 6.04 Å². The fourth-order valence-electron chi connectivity index (χ4n) is 1.73. The van der Waals surface area contributed by atoms with Crippen LogP contribution < -0.4 is 10.5 Å². The number of ether oxygens (including phenoxy) is 1. The fourth-order valence-corrected chi connectivity index (χ4v) is 1.97. The number of hydrogen-bond donors (Lipinski definition) is 1. The molecule has 0 aliphatic heterocycles. The molecule has 0 spiro atoms. The van der Waals surface area contributed by atoms with Gasteiger partial charge in [0.15, 0.2) is 0 Å². The average molecular weight is 256 g/mol. The van der Waals surface area contributed by atoms with E-state index in [0.29, 0.717) is 17.5 Å². The van der Waals surface area contributed by atoms with Crippen LogP contribution in [-0.2, 0) is 0 Å². The van der Waals surface area contributed by atoms with Gasteiger partial charge in [0.05, 0.1) is 11.6 Å². The van der Waals surface area contributed by atoms with E-state index in [1.54, 1.807) is 0 Å². The van der Waals surface area contributed by atoms with E-state index in [4.69, 9.17) is 22.1 Å². The quantitative estimate of drug-likeness (QED) is 0.828. The van der Waals surface area contributed by atoms with Crippen molar-refractivity contribution >= 4 is 11.6 Å². The fraction of sp³-hybridized carbons (Fsp3) is 0.571. The Morgan fingerprint density at radius 1 is 1.35 bits per heavy atom. The lowest BCUT2D eigenvalue weighted by molar-refractivity contribution is 0.251. The van der Waals surface area contributed by atoms with Crippen LogP contribution in [0.4, 0.5) is 0 Å². The summed E-state index contributed by atoms with van der Waals surface area (Å²) in [6.07, 6.45) is 2.36. The summed E-state index contributed by atoms with van der Waals surface area (Å²) in [5.41, 5.74) is 6.83. The maximum atomic E-state index is 6.15. The molecule has 1 aromatic rings. The topological polar surface area (TPSA) is 35.2 Å². The van der Waals surface area contributed by atoms with Gasteiger partial charge in [-0.15, -0.1) is 0 Å². The molecule has 0 saturated heterocycles. The molecule has 2 nitrogen and oxygen atoms in total. The highest BCUT2D eigenvalue weighted by molar-refractivity contribution is 6.32. The minimum atomic E-state index is 0.000523. The first kappa shape index (κ1) is 14.3. The van der Waals surface area contributed by atoms with E-state index in [1.807, 2.05) is 25.1 Å². The highest BCUT2D eigenvalue weighted by atomic mass is 35.5. The summed E-state index contributed by atoms with van der Waals surface area (Å²) < 4.78 is 5.71. The highest BCUT2D eigenvalue weighted by Gasteiger charge is 2.07. The second kappa shape index (κ2) is 6.87. The molecule has 96 valence electrons. The summed E-state index contributed by atoms with van der Waals surface area (Å²) in [6, 6.07) is 5.75. The van der Waals surface area contributed by atoms with Gasteiger partial charge in [-0.25, -0.2) is 0 Å². The van der Waals surface area contributed by atoms with Crippen molar-refractivity contribution in [2.45, 2.75) is 39.7 Å². The Hall–Kier alpha value is -0.730. The molecule has 0 aliphatic rings. The molecule has 1 aromatic carbocycles. The van der Waals surface area contributed by atoms with Crippen LogP contribution in [-0.4, -0.2) is 6.61 Å². The normalized spacial score (nSPS) is 14.4. The lowest BCUT2D eigenvalue weighted by Gasteiger charge is -2.14. The largest absolute Gasteiger partial charge is 0.492 e. The molecule has 2 N–H and O–H groups in total. The number of rotatable bonds is 6. The SMILES string of the molecule is CCCC(C)COc1ccc([C@H](C)N)cc1Cl. The zero-order valence-corrected chi connectivity index (χ0v) is 11.6. The predicted molar refractivity (Wildman–Crippen MR) is 73.6 cm³/mol. The Labute approximate surface area is 109 Å². The Morgan fingerprint density at radius 3 is 2.59 bits per heavy atom. The van der Waals surface area contributed by atoms with Gasteiger partial charge in [-0.1, -0.05) is 37.9 Å². The summed E-state index contributed by atoms with van der Waals surface area (Å²) >= 11 is 6.15. The summed E-state index contributed by atoms with van der Waals surface area (Å²) in [5, 5.41) is 0.642. The van der Waals surface area contributed by atoms with Gasteiger partial charge in [-0.3, -0.25) is 0 Å². The van der Waals surface area contributed by atoms with Crippen molar-refractivity contribution in [1.29, 1.82) is 0 Å². The molecular weight excluding hydrogens is 234 g/mol. The van der Waals surface area contributed by atoms with Crippen molar-refractivity contribution in [3.63, 3.8) is 0 Å². The lowest BCUT2D eigenvalue weighted by atomic mass is 10.1. The van der Waals surface area contributed by atoms with Crippen molar-refractivity contribution in [2.24, 2.45) is 11.7 Å². The summed E-state index contributed by atoms with van der Waals surface area (Å²) in [6.45, 7) is 7.02. The predicted octanol–water partition coefficient (Wildman–Crippen LogP) is 4.17. The van der Waals surface area contributed by atoms with Gasteiger partial charge >= 0.3 is 0 Å². The maximum Gasteiger partial charge on any atom is 0.137 e. The number of hydrogen-bond acceptors (Lipinski definition) is 2. The van der Waals surface area contributed by atoms with E-state index < -0.39 is 0 Å². The number of halogens is 1. The van der Waals surface area contributed by atoms with E-state index >= 15 is 0 Å². The molecule has 0 radical (unpaired) electrons. The average Bonchev–Trinajstić information content (AvgIpc) is 2.27. The zero-order valence-electron chi connectivity index (χ0n) is 10.9. The number of nitrogens with two attached hydrogens (primary N) is 1. The summed E-state index contributed by atoms with van der Waals surface area (Å²) in [5.74, 6) is 1.31. The van der Waals surface area contributed by atoms with Gasteiger partial charge in [-0.05, 0) is 37.0 Å². The minimum Gasteiger partial charge on any atom is -0.492 e. The standard InChI is InChI=1S/C14H22ClNO/c1-4-5-10(2)9-17-14-7-6-12(11(3)16)8-13(14)15/h6-8,10-11H,4-5,9,16H2,1-3H3/t10?,11-/m0/s1. The van der Waals surface area contributed by atoms with Crippen LogP contribution in [0.3, 0.4) is 0 Å². The van der Waals surface area contributed by atoms with Crippen molar-refractivity contribution in [3.05, 3.63) is 28.8 Å². The van der Waals surface area contributed by atoms with Crippen LogP contribution in [0.25, 0.3) is 0 Å². The van der Waals surface area contributed by atoms with Crippen molar-refractivity contribution in [1.82, 2.24) is 0 Å². The van der Waals surface area contributed by atoms with Gasteiger partial charge < -0.3 is 10.5 Å². The van der Waals surface area contributed by atoms with Crippen LogP contribution in [0.1, 0.15) is 45.2 Å². The van der Waals surface area contributed by atoms with Crippen LogP contribution in [0.5, 0.6) is 5.75 Å². The van der Waals surface area contributed by atoms with Crippen LogP contribution in [0, 0.1) is 5.92 Å². The monoisotopic (exact) mass is 255 g/mol. The van der Waals surface area contributed by atoms with Gasteiger partial charge in [0.1, 0.15) is 5.75 Å². The molecule has 0 fully saturated rings. The second-order valence-corrected chi connectivity index (χ2v) is 5.09. The van der Waals surface area contributed by atoms with E-state index in [1.165, 1.54) is 12.8 Å². The Kier molecular flexibility index (Phi) is 5.79. The highest BCUT2D eigenvalue weighted by Crippen LogP contribution is 2.27. The smallest absolute Gasteiger partial charge is 0.137 e.